The molecule has 0 aliphatic rings. The maximum Gasteiger partial charge on any atom is 0.266 e. The van der Waals surface area contributed by atoms with Crippen molar-refractivity contribution < 1.29 is 9.53 Å². The van der Waals surface area contributed by atoms with Crippen LogP contribution in [0.4, 0.5) is 5.69 Å². The molecule has 0 saturated heterocycles. The Morgan fingerprint density at radius 3 is 2.60 bits per heavy atom. The summed E-state index contributed by atoms with van der Waals surface area (Å²) >= 11 is 3.46. The molecule has 1 amide bonds. The van der Waals surface area contributed by atoms with Crippen molar-refractivity contribution in [1.29, 1.82) is 5.26 Å². The third-order valence-electron chi connectivity index (χ3n) is 4.79. The maximum absolute atomic E-state index is 12.6. The lowest BCUT2D eigenvalue weighted by Gasteiger charge is -2.11. The Kier molecular flexibility index (Phi) is 10.2. The zero-order chi connectivity index (χ0) is 21.8. The maximum atomic E-state index is 12.6. The van der Waals surface area contributed by atoms with Gasteiger partial charge < -0.3 is 10.1 Å². The summed E-state index contributed by atoms with van der Waals surface area (Å²) in [6, 6.07) is 15.1. The third-order valence-corrected chi connectivity index (χ3v) is 5.28. The second kappa shape index (κ2) is 12.9. The van der Waals surface area contributed by atoms with Gasteiger partial charge in [-0.2, -0.15) is 5.26 Å². The van der Waals surface area contributed by atoms with E-state index < -0.39 is 5.91 Å². The van der Waals surface area contributed by atoms with E-state index in [-0.39, 0.29) is 5.57 Å². The van der Waals surface area contributed by atoms with Crippen LogP contribution in [0.25, 0.3) is 6.08 Å². The summed E-state index contributed by atoms with van der Waals surface area (Å²) in [5.74, 6) is 0.233. The minimum atomic E-state index is -0.436. The average Bonchev–Trinajstić information content (AvgIpc) is 2.74. The van der Waals surface area contributed by atoms with Gasteiger partial charge in [-0.25, -0.2) is 0 Å². The number of amides is 1. The summed E-state index contributed by atoms with van der Waals surface area (Å²) in [5.41, 5.74) is 2.36. The predicted molar refractivity (Wildman–Crippen MR) is 126 cm³/mol. The van der Waals surface area contributed by atoms with Crippen LogP contribution in [0.1, 0.15) is 56.6 Å². The SMILES string of the molecule is CCCCCCCCOc1ccc(Br)cc1/C=C(/C#N)C(=O)Nc1ccccc1C. The summed E-state index contributed by atoms with van der Waals surface area (Å²) in [5, 5.41) is 12.4. The van der Waals surface area contributed by atoms with E-state index >= 15 is 0 Å². The number of nitrogens with zero attached hydrogens (tertiary/aromatic N) is 1. The molecule has 0 aromatic heterocycles. The Morgan fingerprint density at radius 1 is 1.13 bits per heavy atom. The minimum absolute atomic E-state index is 0.0285. The van der Waals surface area contributed by atoms with Gasteiger partial charge >= 0.3 is 0 Å². The highest BCUT2D eigenvalue weighted by Crippen LogP contribution is 2.26. The first kappa shape index (κ1) is 23.7. The smallest absolute Gasteiger partial charge is 0.266 e. The molecular weight excluding hydrogens is 440 g/mol. The topological polar surface area (TPSA) is 62.1 Å². The van der Waals surface area contributed by atoms with Gasteiger partial charge in [-0.3, -0.25) is 4.79 Å². The third kappa shape index (κ3) is 7.68. The van der Waals surface area contributed by atoms with Gasteiger partial charge in [0.05, 0.1) is 6.61 Å². The predicted octanol–water partition coefficient (Wildman–Crippen LogP) is 7.04. The molecule has 0 radical (unpaired) electrons. The van der Waals surface area contributed by atoms with Gasteiger partial charge in [0.25, 0.3) is 5.91 Å². The number of anilines is 1. The highest BCUT2D eigenvalue weighted by molar-refractivity contribution is 9.10. The Labute approximate surface area is 188 Å². The first-order valence-corrected chi connectivity index (χ1v) is 11.3. The van der Waals surface area contributed by atoms with Crippen LogP contribution in [-0.2, 0) is 4.79 Å². The van der Waals surface area contributed by atoms with Crippen LogP contribution in [0.2, 0.25) is 0 Å². The highest BCUT2D eigenvalue weighted by atomic mass is 79.9. The van der Waals surface area contributed by atoms with Gasteiger partial charge in [0.15, 0.2) is 0 Å². The van der Waals surface area contributed by atoms with E-state index in [2.05, 4.69) is 28.2 Å². The summed E-state index contributed by atoms with van der Waals surface area (Å²) in [4.78, 5) is 12.6. The fourth-order valence-corrected chi connectivity index (χ4v) is 3.41. The molecule has 0 spiro atoms. The fraction of sp³-hybridized carbons (Fsp3) is 0.360. The molecule has 2 aromatic carbocycles. The zero-order valence-corrected chi connectivity index (χ0v) is 19.3. The van der Waals surface area contributed by atoms with E-state index in [4.69, 9.17) is 4.74 Å². The van der Waals surface area contributed by atoms with Crippen molar-refractivity contribution in [1.82, 2.24) is 0 Å². The van der Waals surface area contributed by atoms with Crippen molar-refractivity contribution in [3.63, 3.8) is 0 Å². The molecule has 30 heavy (non-hydrogen) atoms. The van der Waals surface area contributed by atoms with E-state index in [0.717, 1.165) is 22.9 Å². The lowest BCUT2D eigenvalue weighted by atomic mass is 10.1. The van der Waals surface area contributed by atoms with Gasteiger partial charge in [-0.1, -0.05) is 73.2 Å². The number of benzene rings is 2. The lowest BCUT2D eigenvalue weighted by Crippen LogP contribution is -2.14. The summed E-state index contributed by atoms with van der Waals surface area (Å²) in [7, 11) is 0. The Morgan fingerprint density at radius 2 is 1.87 bits per heavy atom. The van der Waals surface area contributed by atoms with E-state index in [0.29, 0.717) is 23.6 Å². The number of carbonyl (C=O) groups excluding carboxylic acids is 1. The molecule has 1 N–H and O–H groups in total. The molecule has 0 atom stereocenters. The van der Waals surface area contributed by atoms with Crippen LogP contribution in [0, 0.1) is 18.3 Å². The molecule has 4 nitrogen and oxygen atoms in total. The molecule has 158 valence electrons. The minimum Gasteiger partial charge on any atom is -0.493 e. The number of nitriles is 1. The standard InChI is InChI=1S/C25H29BrN2O2/c1-3-4-5-6-7-10-15-30-24-14-13-22(26)17-20(24)16-21(18-27)25(29)28-23-12-9-8-11-19(23)2/h8-9,11-14,16-17H,3-7,10,15H2,1-2H3,(H,28,29)/b21-16-. The molecule has 0 bridgehead atoms. The number of hydrogen-bond acceptors (Lipinski definition) is 3. The number of hydrogen-bond donors (Lipinski definition) is 1. The van der Waals surface area contributed by atoms with Crippen molar-refractivity contribution in [2.24, 2.45) is 0 Å². The van der Waals surface area contributed by atoms with Crippen LogP contribution < -0.4 is 10.1 Å². The Hall–Kier alpha value is -2.58. The molecule has 0 fully saturated rings. The molecule has 5 heteroatoms. The van der Waals surface area contributed by atoms with Crippen molar-refractivity contribution in [3.8, 4) is 11.8 Å². The number of halogens is 1. The number of carbonyl (C=O) groups is 1. The van der Waals surface area contributed by atoms with Gasteiger partial charge in [0.2, 0.25) is 0 Å². The first-order valence-electron chi connectivity index (χ1n) is 10.5. The zero-order valence-electron chi connectivity index (χ0n) is 17.7. The van der Waals surface area contributed by atoms with Crippen LogP contribution in [-0.4, -0.2) is 12.5 Å². The number of para-hydroxylation sites is 1. The van der Waals surface area contributed by atoms with Crippen LogP contribution >= 0.6 is 15.9 Å². The summed E-state index contributed by atoms with van der Waals surface area (Å²) in [6.45, 7) is 4.74. The van der Waals surface area contributed by atoms with Crippen molar-refractivity contribution in [2.45, 2.75) is 52.4 Å². The molecule has 0 aliphatic carbocycles. The quantitative estimate of drug-likeness (QED) is 0.218. The normalized spacial score (nSPS) is 11.1. The molecule has 0 aliphatic heterocycles. The first-order chi connectivity index (χ1) is 14.5. The lowest BCUT2D eigenvalue weighted by molar-refractivity contribution is -0.112. The second-order valence-corrected chi connectivity index (χ2v) is 8.15. The molecule has 2 rings (SSSR count). The molecule has 0 heterocycles. The van der Waals surface area contributed by atoms with E-state index in [9.17, 15) is 10.1 Å². The molecular formula is C25H29BrN2O2. The summed E-state index contributed by atoms with van der Waals surface area (Å²) in [6.07, 6.45) is 8.72. The molecule has 0 saturated carbocycles. The second-order valence-electron chi connectivity index (χ2n) is 7.24. The average molecular weight is 469 g/mol. The Bertz CT molecular complexity index is 916. The highest BCUT2D eigenvalue weighted by Gasteiger charge is 2.13. The largest absolute Gasteiger partial charge is 0.493 e. The van der Waals surface area contributed by atoms with Crippen LogP contribution in [0.3, 0.4) is 0 Å². The van der Waals surface area contributed by atoms with Gasteiger partial charge in [0.1, 0.15) is 17.4 Å². The van der Waals surface area contributed by atoms with E-state index in [1.165, 1.54) is 25.7 Å². The van der Waals surface area contributed by atoms with Crippen LogP contribution in [0.15, 0.2) is 52.5 Å². The Balaban J connectivity index is 2.07. The number of unbranched alkanes of at least 4 members (excludes halogenated alkanes) is 5. The van der Waals surface area contributed by atoms with Crippen molar-refractivity contribution in [3.05, 3.63) is 63.6 Å². The van der Waals surface area contributed by atoms with Crippen molar-refractivity contribution in [2.75, 3.05) is 11.9 Å². The summed E-state index contributed by atoms with van der Waals surface area (Å²) < 4.78 is 6.81. The molecule has 2 aromatic rings. The van der Waals surface area contributed by atoms with Crippen LogP contribution in [0.5, 0.6) is 5.75 Å². The van der Waals surface area contributed by atoms with E-state index in [1.807, 2.05) is 55.5 Å². The van der Waals surface area contributed by atoms with Crippen molar-refractivity contribution >= 4 is 33.6 Å². The number of nitrogens with one attached hydrogen (secondary N) is 1. The number of aryl methyl sites for hydroxylation is 1. The monoisotopic (exact) mass is 468 g/mol. The fourth-order valence-electron chi connectivity index (χ4n) is 3.03. The van der Waals surface area contributed by atoms with Gasteiger partial charge in [-0.15, -0.1) is 0 Å². The number of ether oxygens (including phenoxy) is 1. The van der Waals surface area contributed by atoms with E-state index in [1.54, 1.807) is 6.08 Å². The van der Waals surface area contributed by atoms with Gasteiger partial charge in [0, 0.05) is 15.7 Å². The molecule has 0 unspecified atom stereocenters. The van der Waals surface area contributed by atoms with Gasteiger partial charge in [-0.05, 0) is 49.2 Å². The number of rotatable bonds is 11.